The van der Waals surface area contributed by atoms with Crippen LogP contribution < -0.4 is 10.6 Å². The van der Waals surface area contributed by atoms with Crippen molar-refractivity contribution in [3.05, 3.63) is 88.3 Å². The number of hydrogen-bond donors (Lipinski definition) is 2. The van der Waals surface area contributed by atoms with Crippen molar-refractivity contribution in [2.24, 2.45) is 0 Å². The minimum Gasteiger partial charge on any atom is -0.462 e. The van der Waals surface area contributed by atoms with E-state index >= 15 is 0 Å². The van der Waals surface area contributed by atoms with Gasteiger partial charge in [0, 0.05) is 11.8 Å². The SMILES string of the molecule is CCOC(=O)c1c(NC(=O)COC(=O)/C=C/c2ccccc2)sc(C(=O)Nc2ccccc2)c1C. The number of thiophene rings is 1. The maximum absolute atomic E-state index is 12.8. The average Bonchev–Trinajstić information content (AvgIpc) is 3.18. The fourth-order valence-corrected chi connectivity index (χ4v) is 4.16. The molecule has 0 atom stereocenters. The molecule has 0 saturated heterocycles. The molecule has 35 heavy (non-hydrogen) atoms. The summed E-state index contributed by atoms with van der Waals surface area (Å²) in [5, 5.41) is 5.46. The van der Waals surface area contributed by atoms with Crippen molar-refractivity contribution in [1.82, 2.24) is 0 Å². The van der Waals surface area contributed by atoms with Crippen LogP contribution >= 0.6 is 11.3 Å². The lowest BCUT2D eigenvalue weighted by Crippen LogP contribution is -2.21. The molecule has 0 radical (unpaired) electrons. The molecule has 1 aromatic heterocycles. The number of anilines is 2. The Kier molecular flexibility index (Phi) is 8.91. The van der Waals surface area contributed by atoms with Gasteiger partial charge in [-0.1, -0.05) is 48.5 Å². The van der Waals surface area contributed by atoms with E-state index in [9.17, 15) is 19.2 Å². The van der Waals surface area contributed by atoms with Gasteiger partial charge in [0.05, 0.1) is 17.0 Å². The molecule has 2 aromatic carbocycles. The van der Waals surface area contributed by atoms with Gasteiger partial charge in [-0.3, -0.25) is 9.59 Å². The first-order chi connectivity index (χ1) is 16.9. The molecule has 0 spiro atoms. The lowest BCUT2D eigenvalue weighted by atomic mass is 10.1. The zero-order valence-electron chi connectivity index (χ0n) is 19.2. The number of carbonyl (C=O) groups excluding carboxylic acids is 4. The van der Waals surface area contributed by atoms with Crippen LogP contribution in [0.4, 0.5) is 10.7 Å². The van der Waals surface area contributed by atoms with Crippen molar-refractivity contribution in [1.29, 1.82) is 0 Å². The first-order valence-corrected chi connectivity index (χ1v) is 11.6. The number of ether oxygens (including phenoxy) is 2. The van der Waals surface area contributed by atoms with Crippen LogP contribution in [0.3, 0.4) is 0 Å². The monoisotopic (exact) mass is 492 g/mol. The summed E-state index contributed by atoms with van der Waals surface area (Å²) in [4.78, 5) is 50.0. The summed E-state index contributed by atoms with van der Waals surface area (Å²) < 4.78 is 10.1. The van der Waals surface area contributed by atoms with Gasteiger partial charge in [-0.15, -0.1) is 11.3 Å². The van der Waals surface area contributed by atoms with Crippen LogP contribution in [0.2, 0.25) is 0 Å². The van der Waals surface area contributed by atoms with E-state index in [1.807, 2.05) is 36.4 Å². The predicted molar refractivity (Wildman–Crippen MR) is 134 cm³/mol. The van der Waals surface area contributed by atoms with Crippen LogP contribution in [0, 0.1) is 6.92 Å². The number of para-hydroxylation sites is 1. The summed E-state index contributed by atoms with van der Waals surface area (Å²) in [6, 6.07) is 18.0. The Balaban J connectivity index is 1.70. The lowest BCUT2D eigenvalue weighted by molar-refractivity contribution is -0.142. The molecule has 0 bridgehead atoms. The van der Waals surface area contributed by atoms with Crippen LogP contribution in [-0.4, -0.2) is 37.0 Å². The van der Waals surface area contributed by atoms with E-state index in [0.717, 1.165) is 16.9 Å². The number of benzene rings is 2. The molecule has 8 nitrogen and oxygen atoms in total. The molecule has 0 unspecified atom stereocenters. The second-order valence-corrected chi connectivity index (χ2v) is 8.22. The Morgan fingerprint density at radius 3 is 2.23 bits per heavy atom. The third-order valence-electron chi connectivity index (χ3n) is 4.67. The summed E-state index contributed by atoms with van der Waals surface area (Å²) in [7, 11) is 0. The lowest BCUT2D eigenvalue weighted by Gasteiger charge is -2.07. The molecule has 0 saturated carbocycles. The van der Waals surface area contributed by atoms with Crippen molar-refractivity contribution in [3.8, 4) is 0 Å². The molecule has 0 aliphatic rings. The first-order valence-electron chi connectivity index (χ1n) is 10.8. The van der Waals surface area contributed by atoms with Gasteiger partial charge >= 0.3 is 11.9 Å². The number of hydrogen-bond acceptors (Lipinski definition) is 7. The molecule has 3 rings (SSSR count). The Bertz CT molecular complexity index is 1240. The summed E-state index contributed by atoms with van der Waals surface area (Å²) in [5.41, 5.74) is 1.85. The Labute approximate surface area is 206 Å². The highest BCUT2D eigenvalue weighted by atomic mass is 32.1. The quantitative estimate of drug-likeness (QED) is 0.331. The Morgan fingerprint density at radius 1 is 0.914 bits per heavy atom. The number of amides is 2. The molecule has 2 amide bonds. The minimum absolute atomic E-state index is 0.0821. The van der Waals surface area contributed by atoms with E-state index in [1.165, 1.54) is 6.08 Å². The van der Waals surface area contributed by atoms with E-state index in [1.54, 1.807) is 44.2 Å². The molecule has 2 N–H and O–H groups in total. The Morgan fingerprint density at radius 2 is 1.57 bits per heavy atom. The molecule has 180 valence electrons. The fourth-order valence-electron chi connectivity index (χ4n) is 3.05. The highest BCUT2D eigenvalue weighted by molar-refractivity contribution is 7.19. The maximum Gasteiger partial charge on any atom is 0.341 e. The topological polar surface area (TPSA) is 111 Å². The third kappa shape index (κ3) is 7.12. The average molecular weight is 493 g/mol. The summed E-state index contributed by atoms with van der Waals surface area (Å²) in [5.74, 6) is -2.45. The highest BCUT2D eigenvalue weighted by Crippen LogP contribution is 2.34. The van der Waals surface area contributed by atoms with Gasteiger partial charge < -0.3 is 20.1 Å². The van der Waals surface area contributed by atoms with Gasteiger partial charge in [0.15, 0.2) is 6.61 Å². The number of esters is 2. The van der Waals surface area contributed by atoms with E-state index in [2.05, 4.69) is 10.6 Å². The van der Waals surface area contributed by atoms with Crippen molar-refractivity contribution in [3.63, 3.8) is 0 Å². The largest absolute Gasteiger partial charge is 0.462 e. The molecule has 0 aliphatic carbocycles. The normalized spacial score (nSPS) is 10.6. The van der Waals surface area contributed by atoms with Crippen molar-refractivity contribution in [2.75, 3.05) is 23.8 Å². The fraction of sp³-hybridized carbons (Fsp3) is 0.154. The first kappa shape index (κ1) is 25.4. The molecular weight excluding hydrogens is 468 g/mol. The zero-order valence-corrected chi connectivity index (χ0v) is 20.0. The van der Waals surface area contributed by atoms with Crippen molar-refractivity contribution in [2.45, 2.75) is 13.8 Å². The van der Waals surface area contributed by atoms with Crippen molar-refractivity contribution >= 4 is 51.9 Å². The molecule has 1 heterocycles. The van der Waals surface area contributed by atoms with E-state index in [-0.39, 0.29) is 22.0 Å². The van der Waals surface area contributed by atoms with E-state index in [4.69, 9.17) is 9.47 Å². The standard InChI is InChI=1S/C26H24N2O6S/c1-3-33-26(32)22-17(2)23(24(31)27-19-12-8-5-9-13-19)35-25(22)28-20(29)16-34-21(30)15-14-18-10-6-4-7-11-18/h4-15H,3,16H2,1-2H3,(H,27,31)(H,28,29)/b15-14+. The van der Waals surface area contributed by atoms with Gasteiger partial charge in [0.25, 0.3) is 11.8 Å². The summed E-state index contributed by atoms with van der Waals surface area (Å²) in [6.45, 7) is 2.82. The molecule has 9 heteroatoms. The number of nitrogens with one attached hydrogen (secondary N) is 2. The van der Waals surface area contributed by atoms with Crippen molar-refractivity contribution < 1.29 is 28.7 Å². The van der Waals surface area contributed by atoms with E-state index in [0.29, 0.717) is 11.3 Å². The molecule has 3 aromatic rings. The van der Waals surface area contributed by atoms with E-state index < -0.39 is 30.4 Å². The number of rotatable bonds is 9. The number of carbonyl (C=O) groups is 4. The molecule has 0 aliphatic heterocycles. The van der Waals surface area contributed by atoms with Crippen LogP contribution in [0.1, 0.15) is 38.1 Å². The van der Waals surface area contributed by atoms with Crippen LogP contribution in [-0.2, 0) is 19.1 Å². The minimum atomic E-state index is -0.695. The van der Waals surface area contributed by atoms with Crippen LogP contribution in [0.5, 0.6) is 0 Å². The van der Waals surface area contributed by atoms with Gasteiger partial charge in [0.2, 0.25) is 0 Å². The summed E-state index contributed by atoms with van der Waals surface area (Å²) in [6.07, 6.45) is 2.79. The zero-order chi connectivity index (χ0) is 25.2. The van der Waals surface area contributed by atoms with Gasteiger partial charge in [0.1, 0.15) is 5.00 Å². The second kappa shape index (κ2) is 12.3. The second-order valence-electron chi connectivity index (χ2n) is 7.20. The van der Waals surface area contributed by atoms with Gasteiger partial charge in [-0.05, 0) is 43.2 Å². The van der Waals surface area contributed by atoms with Crippen LogP contribution in [0.15, 0.2) is 66.7 Å². The maximum atomic E-state index is 12.8. The molecular formula is C26H24N2O6S. The Hall–Kier alpha value is -4.24. The smallest absolute Gasteiger partial charge is 0.341 e. The summed E-state index contributed by atoms with van der Waals surface area (Å²) >= 11 is 0.938. The van der Waals surface area contributed by atoms with Gasteiger partial charge in [-0.25, -0.2) is 9.59 Å². The third-order valence-corrected chi connectivity index (χ3v) is 5.88. The van der Waals surface area contributed by atoms with Crippen LogP contribution in [0.25, 0.3) is 6.08 Å². The predicted octanol–water partition coefficient (Wildman–Crippen LogP) is 4.68. The highest BCUT2D eigenvalue weighted by Gasteiger charge is 2.27. The molecule has 0 fully saturated rings. The van der Waals surface area contributed by atoms with Gasteiger partial charge in [-0.2, -0.15) is 0 Å².